The normalized spacial score (nSPS) is 14.5. The summed E-state index contributed by atoms with van der Waals surface area (Å²) in [5.41, 5.74) is 2.87. The average molecular weight is 854 g/mol. The highest BCUT2D eigenvalue weighted by Gasteiger charge is 2.33. The predicted octanol–water partition coefficient (Wildman–Crippen LogP) is 10.2. The Bertz CT molecular complexity index is 2000. The summed E-state index contributed by atoms with van der Waals surface area (Å²) in [5, 5.41) is 1.35. The van der Waals surface area contributed by atoms with Crippen LogP contribution in [0.5, 0.6) is 0 Å². The van der Waals surface area contributed by atoms with E-state index < -0.39 is 31.7 Å². The minimum absolute atomic E-state index is 0.0415. The van der Waals surface area contributed by atoms with Crippen molar-refractivity contribution in [1.29, 1.82) is 0 Å². The number of hydrogen-bond donors (Lipinski definition) is 2. The lowest BCUT2D eigenvalue weighted by molar-refractivity contribution is -0.674. The molecule has 10 nitrogen and oxygen atoms in total. The lowest BCUT2D eigenvalue weighted by Gasteiger charge is -2.25. The Morgan fingerprint density at radius 1 is 0.642 bits per heavy atom. The molecule has 1 aliphatic rings. The molecule has 0 radical (unpaired) electrons. The monoisotopic (exact) mass is 851 g/mol. The quantitative estimate of drug-likeness (QED) is 0.0582. The maximum Gasteiger partial charge on any atom is 0.282 e. The maximum atomic E-state index is 12.0. The molecular weight excluding hydrogens is 802 g/mol. The molecule has 0 saturated carbocycles. The van der Waals surface area contributed by atoms with Crippen molar-refractivity contribution in [2.24, 2.45) is 0 Å². The summed E-state index contributed by atoms with van der Waals surface area (Å²) < 4.78 is 71.2. The number of anilines is 2. The first kappa shape index (κ1) is 43.7. The Kier molecular flexibility index (Phi) is 16.7. The third kappa shape index (κ3) is 12.5. The minimum Gasteiger partial charge on any atom is -0.326 e. The zero-order chi connectivity index (χ0) is 38.8. The standard InChI is InChI=1S/C37H50Cl4N4O6S2/c1-3-5-7-9-11-13-18-42-32-24-28(38)30(40)26-34(32)44(20-22-52(46,47)48)36(42)16-15-17-37-43(19-14-12-10-8-6-4-2)33-25-29(39)31(41)27-35(33)45(37)21-23-53(49,50)51/h15-17,24-27H,3-14,18-23H2,1-2H3,(H-,46,47,48,49,50,51)/p+1. The van der Waals surface area contributed by atoms with Crippen molar-refractivity contribution in [2.75, 3.05) is 34.4 Å². The lowest BCUT2D eigenvalue weighted by atomic mass is 10.1. The van der Waals surface area contributed by atoms with Crippen LogP contribution in [0, 0.1) is 0 Å². The highest BCUT2D eigenvalue weighted by molar-refractivity contribution is 7.86. The largest absolute Gasteiger partial charge is 0.326 e. The van der Waals surface area contributed by atoms with Crippen molar-refractivity contribution >= 4 is 95.1 Å². The van der Waals surface area contributed by atoms with Gasteiger partial charge in [-0.25, -0.2) is 9.13 Å². The van der Waals surface area contributed by atoms with Gasteiger partial charge in [0.15, 0.2) is 11.0 Å². The van der Waals surface area contributed by atoms with E-state index in [4.69, 9.17) is 46.4 Å². The summed E-state index contributed by atoms with van der Waals surface area (Å²) in [7, 11) is -8.59. The molecule has 16 heteroatoms. The van der Waals surface area contributed by atoms with E-state index >= 15 is 0 Å². The van der Waals surface area contributed by atoms with Gasteiger partial charge >= 0.3 is 0 Å². The van der Waals surface area contributed by atoms with E-state index in [0.29, 0.717) is 56.0 Å². The molecular formula is C37H51Cl4N4O6S2+. The lowest BCUT2D eigenvalue weighted by Crippen LogP contribution is -2.37. The molecule has 0 bridgehead atoms. The van der Waals surface area contributed by atoms with Gasteiger partial charge in [-0.05, 0) is 37.5 Å². The third-order valence-corrected chi connectivity index (χ3v) is 12.3. The fraction of sp³-hybridized carbons (Fsp3) is 0.541. The van der Waals surface area contributed by atoms with Gasteiger partial charge in [-0.2, -0.15) is 16.8 Å². The van der Waals surface area contributed by atoms with E-state index in [9.17, 15) is 25.9 Å². The van der Waals surface area contributed by atoms with Gasteiger partial charge in [0.05, 0.1) is 43.8 Å². The highest BCUT2D eigenvalue weighted by atomic mass is 35.5. The van der Waals surface area contributed by atoms with Crippen molar-refractivity contribution in [3.63, 3.8) is 0 Å². The van der Waals surface area contributed by atoms with E-state index in [0.717, 1.165) is 75.4 Å². The van der Waals surface area contributed by atoms with Crippen LogP contribution in [-0.4, -0.2) is 55.1 Å². The summed E-state index contributed by atoms with van der Waals surface area (Å²) in [6.07, 6.45) is 18.5. The average Bonchev–Trinajstić information content (AvgIpc) is 3.51. The van der Waals surface area contributed by atoms with Crippen molar-refractivity contribution in [3.8, 4) is 0 Å². The van der Waals surface area contributed by atoms with Gasteiger partial charge in [0.1, 0.15) is 18.1 Å². The number of benzene rings is 2. The molecule has 3 aromatic rings. The van der Waals surface area contributed by atoms with Crippen molar-refractivity contribution < 1.29 is 30.5 Å². The zero-order valence-electron chi connectivity index (χ0n) is 30.4. The summed E-state index contributed by atoms with van der Waals surface area (Å²) in [5.74, 6) is 0.312. The molecule has 53 heavy (non-hydrogen) atoms. The van der Waals surface area contributed by atoms with Crippen LogP contribution in [0.2, 0.25) is 20.1 Å². The van der Waals surface area contributed by atoms with Crippen molar-refractivity contribution in [2.45, 2.75) is 104 Å². The molecule has 0 saturated heterocycles. The third-order valence-electron chi connectivity index (χ3n) is 9.41. The smallest absolute Gasteiger partial charge is 0.282 e. The fourth-order valence-electron chi connectivity index (χ4n) is 6.74. The second kappa shape index (κ2) is 20.2. The highest BCUT2D eigenvalue weighted by Crippen LogP contribution is 2.46. The number of hydrogen-bond acceptors (Lipinski definition) is 6. The molecule has 1 aliphatic heterocycles. The number of unbranched alkanes of at least 4 members (excludes halogenated alkanes) is 10. The van der Waals surface area contributed by atoms with Crippen LogP contribution < -0.4 is 14.4 Å². The Hall–Kier alpha value is -2.03. The van der Waals surface area contributed by atoms with Crippen LogP contribution in [0.25, 0.3) is 17.1 Å². The fourth-order valence-corrected chi connectivity index (χ4v) is 8.19. The number of allylic oxidation sites excluding steroid dienone is 2. The first-order chi connectivity index (χ1) is 25.1. The van der Waals surface area contributed by atoms with Crippen LogP contribution in [0.1, 0.15) is 96.7 Å². The Morgan fingerprint density at radius 3 is 1.72 bits per heavy atom. The second-order valence-corrected chi connectivity index (χ2v) is 18.2. The Morgan fingerprint density at radius 2 is 1.13 bits per heavy atom. The molecule has 294 valence electrons. The summed E-state index contributed by atoms with van der Waals surface area (Å²) in [6.45, 7) is 5.53. The van der Waals surface area contributed by atoms with Crippen LogP contribution in [0.4, 0.5) is 11.4 Å². The molecule has 2 N–H and O–H groups in total. The van der Waals surface area contributed by atoms with E-state index in [1.165, 1.54) is 12.8 Å². The number of nitrogens with zero attached hydrogens (tertiary/aromatic N) is 4. The van der Waals surface area contributed by atoms with Gasteiger partial charge in [0.2, 0.25) is 0 Å². The maximum absolute atomic E-state index is 12.0. The minimum atomic E-state index is -4.30. The van der Waals surface area contributed by atoms with Crippen LogP contribution in [0.3, 0.4) is 0 Å². The summed E-state index contributed by atoms with van der Waals surface area (Å²) >= 11 is 26.0. The van der Waals surface area contributed by atoms with E-state index in [-0.39, 0.29) is 13.1 Å². The van der Waals surface area contributed by atoms with Crippen molar-refractivity contribution in [3.05, 3.63) is 68.2 Å². The molecule has 0 fully saturated rings. The molecule has 1 aromatic heterocycles. The van der Waals surface area contributed by atoms with Gasteiger partial charge < -0.3 is 9.80 Å². The molecule has 2 aromatic carbocycles. The van der Waals surface area contributed by atoms with Gasteiger partial charge in [-0.1, -0.05) is 124 Å². The molecule has 0 amide bonds. The first-order valence-corrected chi connectivity index (χ1v) is 23.1. The van der Waals surface area contributed by atoms with Gasteiger partial charge in [0, 0.05) is 31.3 Å². The topological polar surface area (TPSA) is 124 Å². The number of imidazole rings is 1. The zero-order valence-corrected chi connectivity index (χ0v) is 35.1. The molecule has 0 atom stereocenters. The molecule has 2 heterocycles. The van der Waals surface area contributed by atoms with E-state index in [2.05, 4.69) is 23.3 Å². The second-order valence-electron chi connectivity index (χ2n) is 13.5. The number of rotatable bonds is 22. The van der Waals surface area contributed by atoms with Crippen LogP contribution in [0.15, 0.2) is 42.2 Å². The summed E-state index contributed by atoms with van der Waals surface area (Å²) in [4.78, 5) is 3.90. The Balaban J connectivity index is 1.82. The number of fused-ring (bicyclic) bond motifs is 2. The van der Waals surface area contributed by atoms with Gasteiger partial charge in [0.25, 0.3) is 26.1 Å². The molecule has 4 rings (SSSR count). The molecule has 0 unspecified atom stereocenters. The Labute approximate surface area is 334 Å². The van der Waals surface area contributed by atoms with E-state index in [1.54, 1.807) is 24.3 Å². The van der Waals surface area contributed by atoms with Gasteiger partial charge in [-0.15, -0.1) is 0 Å². The van der Waals surface area contributed by atoms with Crippen molar-refractivity contribution in [1.82, 2.24) is 4.57 Å². The van der Waals surface area contributed by atoms with Crippen LogP contribution in [-0.2, 0) is 33.3 Å². The molecule has 0 aliphatic carbocycles. The number of halogens is 4. The SMILES string of the molecule is CCCCCCCCN1C(=CC=Cc2n(CCS(=O)(=O)O)c3cc(Cl)c(Cl)cc3[n+]2CCCCCCCC)N(CCS(=O)(=O)O)c2cc(Cl)c(Cl)cc21. The molecule has 0 spiro atoms. The number of aryl methyl sites for hydroxylation is 2. The number of aromatic nitrogens is 2. The van der Waals surface area contributed by atoms with Crippen LogP contribution >= 0.6 is 46.4 Å². The van der Waals surface area contributed by atoms with E-state index in [1.807, 2.05) is 27.7 Å². The first-order valence-electron chi connectivity index (χ1n) is 18.4. The van der Waals surface area contributed by atoms with Gasteiger partial charge in [-0.3, -0.25) is 9.11 Å². The predicted molar refractivity (Wildman–Crippen MR) is 220 cm³/mol. The summed E-state index contributed by atoms with van der Waals surface area (Å²) in [6, 6.07) is 6.96.